The molecular formula is C22H19BrN2O6. The van der Waals surface area contributed by atoms with Crippen LogP contribution in [0.4, 0.5) is 5.69 Å². The van der Waals surface area contributed by atoms with E-state index in [0.29, 0.717) is 34.7 Å². The standard InChI is InChI=1S/C22H19BrN2O6/c1-29-18-11-13-8-9-24(22(26)17-6-7-20(23)31-17)21(16(13)12-19(18)30-2)14-4-3-5-15(10-14)25(27)28/h3-7,10-12,21H,8-9H2,1-2H3. The highest BCUT2D eigenvalue weighted by atomic mass is 79.9. The molecule has 0 radical (unpaired) electrons. The maximum atomic E-state index is 13.3. The number of nitro groups is 1. The summed E-state index contributed by atoms with van der Waals surface area (Å²) in [5.74, 6) is 0.995. The summed E-state index contributed by atoms with van der Waals surface area (Å²) in [5.41, 5.74) is 2.39. The lowest BCUT2D eigenvalue weighted by atomic mass is 9.87. The number of furan rings is 1. The number of carbonyl (C=O) groups is 1. The summed E-state index contributed by atoms with van der Waals surface area (Å²) >= 11 is 3.23. The topological polar surface area (TPSA) is 95.0 Å². The highest BCUT2D eigenvalue weighted by Gasteiger charge is 2.35. The zero-order valence-electron chi connectivity index (χ0n) is 16.8. The highest BCUT2D eigenvalue weighted by molar-refractivity contribution is 9.10. The summed E-state index contributed by atoms with van der Waals surface area (Å²) in [6.07, 6.45) is 0.592. The number of hydrogen-bond acceptors (Lipinski definition) is 6. The van der Waals surface area contributed by atoms with Crippen molar-refractivity contribution in [2.75, 3.05) is 20.8 Å². The van der Waals surface area contributed by atoms with Crippen molar-refractivity contribution in [1.29, 1.82) is 0 Å². The van der Waals surface area contributed by atoms with Gasteiger partial charge in [-0.15, -0.1) is 0 Å². The van der Waals surface area contributed by atoms with Crippen LogP contribution in [0.1, 0.15) is 33.3 Å². The van der Waals surface area contributed by atoms with E-state index >= 15 is 0 Å². The fraction of sp³-hybridized carbons (Fsp3) is 0.227. The van der Waals surface area contributed by atoms with Gasteiger partial charge < -0.3 is 18.8 Å². The molecule has 0 fully saturated rings. The lowest BCUT2D eigenvalue weighted by molar-refractivity contribution is -0.384. The van der Waals surface area contributed by atoms with Gasteiger partial charge in [-0.25, -0.2) is 0 Å². The van der Waals surface area contributed by atoms with Crippen molar-refractivity contribution in [3.63, 3.8) is 0 Å². The van der Waals surface area contributed by atoms with E-state index in [4.69, 9.17) is 13.9 Å². The first-order valence-electron chi connectivity index (χ1n) is 9.48. The quantitative estimate of drug-likeness (QED) is 0.381. The molecular weight excluding hydrogens is 468 g/mol. The minimum atomic E-state index is -0.556. The number of methoxy groups -OCH3 is 2. The number of fused-ring (bicyclic) bond motifs is 1. The van der Waals surface area contributed by atoms with E-state index in [-0.39, 0.29) is 17.4 Å². The zero-order chi connectivity index (χ0) is 22.1. The third-order valence-electron chi connectivity index (χ3n) is 5.32. The number of nitrogens with zero attached hydrogens (tertiary/aromatic N) is 2. The summed E-state index contributed by atoms with van der Waals surface area (Å²) in [4.78, 5) is 25.9. The zero-order valence-corrected chi connectivity index (χ0v) is 18.4. The monoisotopic (exact) mass is 486 g/mol. The number of amides is 1. The molecule has 3 aromatic rings. The van der Waals surface area contributed by atoms with Crippen LogP contribution in [0.3, 0.4) is 0 Å². The average Bonchev–Trinajstić information content (AvgIpc) is 3.23. The lowest BCUT2D eigenvalue weighted by Crippen LogP contribution is -2.40. The van der Waals surface area contributed by atoms with Crippen molar-refractivity contribution in [2.24, 2.45) is 0 Å². The van der Waals surface area contributed by atoms with Gasteiger partial charge in [-0.3, -0.25) is 14.9 Å². The number of carbonyl (C=O) groups excluding carboxylic acids is 1. The molecule has 9 heteroatoms. The normalized spacial score (nSPS) is 15.3. The van der Waals surface area contributed by atoms with Gasteiger partial charge in [0, 0.05) is 18.7 Å². The molecule has 0 spiro atoms. The number of ether oxygens (including phenoxy) is 2. The molecule has 1 aromatic heterocycles. The second-order valence-corrected chi connectivity index (χ2v) is 7.79. The van der Waals surface area contributed by atoms with Gasteiger partial charge in [0.1, 0.15) is 0 Å². The molecule has 0 saturated heterocycles. The van der Waals surface area contributed by atoms with Gasteiger partial charge in [-0.1, -0.05) is 12.1 Å². The van der Waals surface area contributed by atoms with Crippen molar-refractivity contribution in [2.45, 2.75) is 12.5 Å². The largest absolute Gasteiger partial charge is 0.493 e. The Morgan fingerprint density at radius 2 is 1.90 bits per heavy atom. The van der Waals surface area contributed by atoms with Crippen LogP contribution in [0.2, 0.25) is 0 Å². The van der Waals surface area contributed by atoms with E-state index in [1.807, 2.05) is 12.1 Å². The van der Waals surface area contributed by atoms with Crippen LogP contribution in [-0.2, 0) is 6.42 Å². The molecule has 0 saturated carbocycles. The third-order valence-corrected chi connectivity index (χ3v) is 5.74. The molecule has 2 aromatic carbocycles. The van der Waals surface area contributed by atoms with E-state index in [1.165, 1.54) is 12.1 Å². The number of rotatable bonds is 5. The summed E-state index contributed by atoms with van der Waals surface area (Å²) < 4.78 is 16.8. The SMILES string of the molecule is COc1cc2c(cc1OC)C(c1cccc([N+](=O)[O-])c1)N(C(=O)c1ccc(Br)o1)CC2. The predicted molar refractivity (Wildman–Crippen MR) is 116 cm³/mol. The molecule has 31 heavy (non-hydrogen) atoms. The maximum absolute atomic E-state index is 13.3. The number of hydrogen-bond donors (Lipinski definition) is 0. The van der Waals surface area contributed by atoms with Gasteiger partial charge >= 0.3 is 0 Å². The van der Waals surface area contributed by atoms with Crippen LogP contribution in [-0.4, -0.2) is 36.5 Å². The Labute approximate surface area is 186 Å². The van der Waals surface area contributed by atoms with Gasteiger partial charge in [0.15, 0.2) is 21.9 Å². The summed E-state index contributed by atoms with van der Waals surface area (Å²) in [6.45, 7) is 0.410. The first-order chi connectivity index (χ1) is 14.9. The summed E-state index contributed by atoms with van der Waals surface area (Å²) in [6, 6.07) is 12.7. The second kappa shape index (κ2) is 8.43. The van der Waals surface area contributed by atoms with Gasteiger partial charge in [0.05, 0.1) is 25.2 Å². The van der Waals surface area contributed by atoms with Crippen molar-refractivity contribution < 1.29 is 23.6 Å². The van der Waals surface area contributed by atoms with Crippen LogP contribution in [0.25, 0.3) is 0 Å². The Kier molecular flexibility index (Phi) is 5.69. The Hall–Kier alpha value is -3.33. The molecule has 160 valence electrons. The van der Waals surface area contributed by atoms with E-state index in [2.05, 4.69) is 15.9 Å². The summed E-state index contributed by atoms with van der Waals surface area (Å²) in [5, 5.41) is 11.4. The lowest BCUT2D eigenvalue weighted by Gasteiger charge is -2.37. The third kappa shape index (κ3) is 3.88. The van der Waals surface area contributed by atoms with E-state index < -0.39 is 11.0 Å². The minimum absolute atomic E-state index is 0.0433. The van der Waals surface area contributed by atoms with E-state index in [0.717, 1.165) is 11.1 Å². The number of non-ortho nitro benzene ring substituents is 1. The fourth-order valence-corrected chi connectivity index (χ4v) is 4.21. The summed E-state index contributed by atoms with van der Waals surface area (Å²) in [7, 11) is 3.11. The number of benzene rings is 2. The Balaban J connectivity index is 1.88. The maximum Gasteiger partial charge on any atom is 0.290 e. The van der Waals surface area contributed by atoms with Crippen LogP contribution < -0.4 is 9.47 Å². The van der Waals surface area contributed by atoms with Crippen molar-refractivity contribution in [3.05, 3.63) is 85.8 Å². The smallest absolute Gasteiger partial charge is 0.290 e. The molecule has 1 amide bonds. The molecule has 0 N–H and O–H groups in total. The van der Waals surface area contributed by atoms with Crippen molar-refractivity contribution >= 4 is 27.5 Å². The van der Waals surface area contributed by atoms with E-state index in [1.54, 1.807) is 43.4 Å². The Morgan fingerprint density at radius 1 is 1.16 bits per heavy atom. The van der Waals surface area contributed by atoms with E-state index in [9.17, 15) is 14.9 Å². The molecule has 0 aliphatic carbocycles. The van der Waals surface area contributed by atoms with Crippen LogP contribution in [0, 0.1) is 10.1 Å². The second-order valence-electron chi connectivity index (χ2n) is 7.01. The van der Waals surface area contributed by atoms with Gasteiger partial charge in [-0.2, -0.15) is 0 Å². The molecule has 1 aliphatic heterocycles. The first kappa shape index (κ1) is 20.9. The predicted octanol–water partition coefficient (Wildman–Crippen LogP) is 4.76. The molecule has 1 aliphatic rings. The van der Waals surface area contributed by atoms with Gasteiger partial charge in [-0.05, 0) is 63.3 Å². The Morgan fingerprint density at radius 3 is 2.55 bits per heavy atom. The average molecular weight is 487 g/mol. The van der Waals surface area contributed by atoms with Crippen LogP contribution in [0.5, 0.6) is 11.5 Å². The molecule has 1 unspecified atom stereocenters. The van der Waals surface area contributed by atoms with Crippen molar-refractivity contribution in [1.82, 2.24) is 4.90 Å². The minimum Gasteiger partial charge on any atom is -0.493 e. The molecule has 8 nitrogen and oxygen atoms in total. The van der Waals surface area contributed by atoms with Gasteiger partial charge in [0.25, 0.3) is 11.6 Å². The molecule has 0 bridgehead atoms. The van der Waals surface area contributed by atoms with Gasteiger partial charge in [0.2, 0.25) is 0 Å². The number of nitro benzene ring substituents is 1. The number of halogens is 1. The fourth-order valence-electron chi connectivity index (χ4n) is 3.90. The first-order valence-corrected chi connectivity index (χ1v) is 10.3. The van der Waals surface area contributed by atoms with Crippen LogP contribution >= 0.6 is 15.9 Å². The van der Waals surface area contributed by atoms with Crippen LogP contribution in [0.15, 0.2) is 57.6 Å². The molecule has 1 atom stereocenters. The van der Waals surface area contributed by atoms with Crippen molar-refractivity contribution in [3.8, 4) is 11.5 Å². The molecule has 2 heterocycles. The molecule has 4 rings (SSSR count). The Bertz CT molecular complexity index is 1160. The highest BCUT2D eigenvalue weighted by Crippen LogP contribution is 2.42.